The summed E-state index contributed by atoms with van der Waals surface area (Å²) in [4.78, 5) is 12.3. The topological polar surface area (TPSA) is 66.5 Å². The van der Waals surface area contributed by atoms with Crippen LogP contribution in [0.2, 0.25) is 0 Å². The highest BCUT2D eigenvalue weighted by atomic mass is 32.2. The first-order valence-electron chi connectivity index (χ1n) is 8.32. The van der Waals surface area contributed by atoms with Gasteiger partial charge in [0.2, 0.25) is 15.9 Å². The van der Waals surface area contributed by atoms with E-state index >= 15 is 0 Å². The molecular weight excluding hydrogens is 312 g/mol. The number of carbonyl (C=O) groups excluding carboxylic acids is 1. The summed E-state index contributed by atoms with van der Waals surface area (Å²) in [5, 5.41) is 2.94. The Morgan fingerprint density at radius 2 is 2.04 bits per heavy atom. The molecule has 1 N–H and O–H groups in total. The van der Waals surface area contributed by atoms with Crippen molar-refractivity contribution in [3.8, 4) is 0 Å². The molecule has 0 unspecified atom stereocenters. The molecule has 1 amide bonds. The Morgan fingerprint density at radius 3 is 2.74 bits per heavy atom. The second-order valence-corrected chi connectivity index (χ2v) is 8.13. The first kappa shape index (κ1) is 17.9. The van der Waals surface area contributed by atoms with Crippen LogP contribution in [0.4, 0.5) is 0 Å². The maximum absolute atomic E-state index is 12.3. The third kappa shape index (κ3) is 5.32. The van der Waals surface area contributed by atoms with Crippen molar-refractivity contribution in [1.29, 1.82) is 0 Å². The zero-order valence-corrected chi connectivity index (χ0v) is 14.5. The van der Waals surface area contributed by atoms with Crippen LogP contribution in [0.25, 0.3) is 0 Å². The van der Waals surface area contributed by atoms with Gasteiger partial charge in [-0.3, -0.25) is 4.79 Å². The van der Waals surface area contributed by atoms with Gasteiger partial charge in [-0.2, -0.15) is 0 Å². The molecule has 2 rings (SSSR count). The van der Waals surface area contributed by atoms with E-state index in [1.165, 1.54) is 9.87 Å². The van der Waals surface area contributed by atoms with Crippen LogP contribution in [0.3, 0.4) is 0 Å². The summed E-state index contributed by atoms with van der Waals surface area (Å²) in [7, 11) is -3.21. The predicted octanol–water partition coefficient (Wildman–Crippen LogP) is 1.80. The van der Waals surface area contributed by atoms with E-state index in [1.807, 2.05) is 37.3 Å². The van der Waals surface area contributed by atoms with E-state index in [2.05, 4.69) is 5.32 Å². The predicted molar refractivity (Wildman–Crippen MR) is 91.5 cm³/mol. The number of rotatable bonds is 7. The fourth-order valence-corrected chi connectivity index (χ4v) is 4.50. The van der Waals surface area contributed by atoms with Crippen LogP contribution in [0, 0.1) is 5.92 Å². The fourth-order valence-electron chi connectivity index (χ4n) is 2.92. The van der Waals surface area contributed by atoms with E-state index in [4.69, 9.17) is 0 Å². The van der Waals surface area contributed by atoms with Gasteiger partial charge in [0.1, 0.15) is 0 Å². The highest BCUT2D eigenvalue weighted by Gasteiger charge is 2.31. The van der Waals surface area contributed by atoms with E-state index in [0.717, 1.165) is 19.3 Å². The summed E-state index contributed by atoms with van der Waals surface area (Å²) in [5.74, 6) is -0.0986. The number of amides is 1. The molecule has 1 heterocycles. The highest BCUT2D eigenvalue weighted by Crippen LogP contribution is 2.20. The third-order valence-corrected chi connectivity index (χ3v) is 6.21. The number of nitrogens with zero attached hydrogens (tertiary/aromatic N) is 1. The molecule has 0 aromatic heterocycles. The van der Waals surface area contributed by atoms with Crippen LogP contribution >= 0.6 is 0 Å². The Bertz CT molecular complexity index is 602. The number of carbonyl (C=O) groups is 1. The molecule has 1 fully saturated rings. The van der Waals surface area contributed by atoms with Gasteiger partial charge in [0.15, 0.2) is 0 Å². The zero-order valence-electron chi connectivity index (χ0n) is 13.7. The number of sulfonamides is 1. The SMILES string of the molecule is CCCS(=O)(=O)N1CCC[C@H](C(=O)NCCc2ccccc2)C1. The molecule has 1 aromatic rings. The molecule has 1 aliphatic rings. The zero-order chi connectivity index (χ0) is 16.7. The van der Waals surface area contributed by atoms with Gasteiger partial charge in [0.25, 0.3) is 0 Å². The third-order valence-electron chi connectivity index (χ3n) is 4.17. The molecule has 0 spiro atoms. The summed E-state index contributed by atoms with van der Waals surface area (Å²) >= 11 is 0. The van der Waals surface area contributed by atoms with Gasteiger partial charge in [-0.25, -0.2) is 12.7 Å². The quantitative estimate of drug-likeness (QED) is 0.824. The molecule has 0 radical (unpaired) electrons. The lowest BCUT2D eigenvalue weighted by molar-refractivity contribution is -0.126. The highest BCUT2D eigenvalue weighted by molar-refractivity contribution is 7.89. The molecule has 0 bridgehead atoms. The largest absolute Gasteiger partial charge is 0.355 e. The van der Waals surface area contributed by atoms with Crippen molar-refractivity contribution >= 4 is 15.9 Å². The molecule has 0 saturated carbocycles. The van der Waals surface area contributed by atoms with Crippen molar-refractivity contribution in [3.63, 3.8) is 0 Å². The first-order valence-corrected chi connectivity index (χ1v) is 9.93. The van der Waals surface area contributed by atoms with Crippen molar-refractivity contribution in [3.05, 3.63) is 35.9 Å². The Labute approximate surface area is 139 Å². The molecule has 6 heteroatoms. The lowest BCUT2D eigenvalue weighted by Gasteiger charge is -2.31. The summed E-state index contributed by atoms with van der Waals surface area (Å²) < 4.78 is 25.8. The van der Waals surface area contributed by atoms with Gasteiger partial charge in [0, 0.05) is 19.6 Å². The van der Waals surface area contributed by atoms with Crippen LogP contribution in [0.1, 0.15) is 31.7 Å². The average molecular weight is 338 g/mol. The molecule has 0 aliphatic carbocycles. The normalized spacial score (nSPS) is 19.4. The molecule has 23 heavy (non-hydrogen) atoms. The summed E-state index contributed by atoms with van der Waals surface area (Å²) in [6, 6.07) is 10.00. The average Bonchev–Trinajstić information content (AvgIpc) is 2.56. The number of piperidine rings is 1. The van der Waals surface area contributed by atoms with Gasteiger partial charge in [-0.1, -0.05) is 37.3 Å². The van der Waals surface area contributed by atoms with Gasteiger partial charge >= 0.3 is 0 Å². The van der Waals surface area contributed by atoms with E-state index in [1.54, 1.807) is 0 Å². The molecule has 128 valence electrons. The summed E-state index contributed by atoms with van der Waals surface area (Å²) in [6.45, 7) is 3.30. The van der Waals surface area contributed by atoms with Gasteiger partial charge in [-0.15, -0.1) is 0 Å². The molecule has 1 aromatic carbocycles. The van der Waals surface area contributed by atoms with Crippen molar-refractivity contribution in [1.82, 2.24) is 9.62 Å². The smallest absolute Gasteiger partial charge is 0.224 e. The molecule has 1 aliphatic heterocycles. The molecule has 1 saturated heterocycles. The van der Waals surface area contributed by atoms with Gasteiger partial charge in [-0.05, 0) is 31.2 Å². The molecular formula is C17H26N2O3S. The van der Waals surface area contributed by atoms with Crippen LogP contribution in [0.5, 0.6) is 0 Å². The van der Waals surface area contributed by atoms with E-state index in [0.29, 0.717) is 26.1 Å². The van der Waals surface area contributed by atoms with E-state index < -0.39 is 10.0 Å². The number of hydrogen-bond donors (Lipinski definition) is 1. The van der Waals surface area contributed by atoms with Crippen molar-refractivity contribution in [2.45, 2.75) is 32.6 Å². The minimum atomic E-state index is -3.21. The van der Waals surface area contributed by atoms with Crippen LogP contribution in [0.15, 0.2) is 30.3 Å². The maximum atomic E-state index is 12.3. The monoisotopic (exact) mass is 338 g/mol. The Balaban J connectivity index is 1.82. The Kier molecular flexibility index (Phi) is 6.59. The minimum absolute atomic E-state index is 0.0303. The second-order valence-electron chi connectivity index (χ2n) is 6.04. The lowest BCUT2D eigenvalue weighted by atomic mass is 9.99. The van der Waals surface area contributed by atoms with Crippen LogP contribution < -0.4 is 5.32 Å². The van der Waals surface area contributed by atoms with Crippen molar-refractivity contribution < 1.29 is 13.2 Å². The Hall–Kier alpha value is -1.40. The second kappa shape index (κ2) is 8.45. The van der Waals surface area contributed by atoms with Crippen molar-refractivity contribution in [2.24, 2.45) is 5.92 Å². The summed E-state index contributed by atoms with van der Waals surface area (Å²) in [5.41, 5.74) is 1.18. The fraction of sp³-hybridized carbons (Fsp3) is 0.588. The molecule has 1 atom stereocenters. The first-order chi connectivity index (χ1) is 11.0. The van der Waals surface area contributed by atoms with Crippen LogP contribution in [-0.4, -0.2) is 44.0 Å². The lowest BCUT2D eigenvalue weighted by Crippen LogP contribution is -2.46. The minimum Gasteiger partial charge on any atom is -0.355 e. The number of benzene rings is 1. The standard InChI is InChI=1S/C17H26N2O3S/c1-2-13-23(21,22)19-12-6-9-16(14-19)17(20)18-11-10-15-7-4-3-5-8-15/h3-5,7-8,16H,2,6,9-14H2,1H3,(H,18,20)/t16-/m0/s1. The molecule has 5 nitrogen and oxygen atoms in total. The van der Waals surface area contributed by atoms with Gasteiger partial charge < -0.3 is 5.32 Å². The summed E-state index contributed by atoms with van der Waals surface area (Å²) in [6.07, 6.45) is 2.90. The Morgan fingerprint density at radius 1 is 1.30 bits per heavy atom. The number of hydrogen-bond acceptors (Lipinski definition) is 3. The maximum Gasteiger partial charge on any atom is 0.224 e. The van der Waals surface area contributed by atoms with Crippen LogP contribution in [-0.2, 0) is 21.2 Å². The van der Waals surface area contributed by atoms with Crippen molar-refractivity contribution in [2.75, 3.05) is 25.4 Å². The number of nitrogens with one attached hydrogen (secondary N) is 1. The van der Waals surface area contributed by atoms with E-state index in [-0.39, 0.29) is 17.6 Å². The van der Waals surface area contributed by atoms with Gasteiger partial charge in [0.05, 0.1) is 11.7 Å². The van der Waals surface area contributed by atoms with E-state index in [9.17, 15) is 13.2 Å².